The summed E-state index contributed by atoms with van der Waals surface area (Å²) in [7, 11) is 1.77. The van der Waals surface area contributed by atoms with E-state index in [2.05, 4.69) is 33.4 Å². The third-order valence-electron chi connectivity index (χ3n) is 3.05. The van der Waals surface area contributed by atoms with Crippen LogP contribution in [0, 0.1) is 0 Å². The van der Waals surface area contributed by atoms with Gasteiger partial charge in [0.05, 0.1) is 0 Å². The highest BCUT2D eigenvalue weighted by Gasteiger charge is 2.08. The molecule has 1 N–H and O–H groups in total. The van der Waals surface area contributed by atoms with Gasteiger partial charge in [0.2, 0.25) is 0 Å². The average molecular weight is 333 g/mol. The van der Waals surface area contributed by atoms with Crippen molar-refractivity contribution in [3.8, 4) is 0 Å². The Morgan fingerprint density at radius 3 is 2.40 bits per heavy atom. The molecule has 0 aliphatic rings. The Balaban J connectivity index is 1.82. The van der Waals surface area contributed by atoms with Crippen LogP contribution in [0.15, 0.2) is 59.1 Å². The van der Waals surface area contributed by atoms with Crippen LogP contribution in [0.3, 0.4) is 0 Å². The lowest BCUT2D eigenvalue weighted by Crippen LogP contribution is -2.38. The number of anilines is 1. The minimum absolute atomic E-state index is 0.0895. The van der Waals surface area contributed by atoms with Gasteiger partial charge in [-0.1, -0.05) is 46.3 Å². The first-order valence-electron chi connectivity index (χ1n) is 6.48. The van der Waals surface area contributed by atoms with Crippen molar-refractivity contribution in [3.63, 3.8) is 0 Å². The standard InChI is InChI=1S/C16H17BrN2O/c1-19(15-5-3-2-4-6-15)16(20)18-12-11-13-7-9-14(17)10-8-13/h2-10H,11-12H2,1H3,(H,18,20). The predicted octanol–water partition coefficient (Wildman–Crippen LogP) is 3.84. The number of hydrogen-bond donors (Lipinski definition) is 1. The molecule has 0 aliphatic carbocycles. The zero-order chi connectivity index (χ0) is 14.4. The van der Waals surface area contributed by atoms with Crippen molar-refractivity contribution < 1.29 is 4.79 Å². The zero-order valence-corrected chi connectivity index (χ0v) is 12.9. The maximum atomic E-state index is 12.0. The molecule has 0 aliphatic heterocycles. The molecule has 2 rings (SSSR count). The predicted molar refractivity (Wildman–Crippen MR) is 86.1 cm³/mol. The topological polar surface area (TPSA) is 32.3 Å². The van der Waals surface area contributed by atoms with Gasteiger partial charge in [-0.2, -0.15) is 0 Å². The van der Waals surface area contributed by atoms with Crippen molar-refractivity contribution in [2.75, 3.05) is 18.5 Å². The zero-order valence-electron chi connectivity index (χ0n) is 11.3. The van der Waals surface area contributed by atoms with Crippen LogP contribution < -0.4 is 10.2 Å². The fraction of sp³-hybridized carbons (Fsp3) is 0.188. The Bertz CT molecular complexity index is 554. The summed E-state index contributed by atoms with van der Waals surface area (Å²) in [5, 5.41) is 2.92. The third-order valence-corrected chi connectivity index (χ3v) is 3.58. The minimum atomic E-state index is -0.0895. The van der Waals surface area contributed by atoms with Gasteiger partial charge in [-0.15, -0.1) is 0 Å². The molecule has 0 fully saturated rings. The molecular formula is C16H17BrN2O. The Hall–Kier alpha value is -1.81. The fourth-order valence-corrected chi connectivity index (χ4v) is 2.12. The van der Waals surface area contributed by atoms with Gasteiger partial charge in [-0.3, -0.25) is 4.90 Å². The summed E-state index contributed by atoms with van der Waals surface area (Å²) in [4.78, 5) is 13.6. The molecule has 0 bridgehead atoms. The monoisotopic (exact) mass is 332 g/mol. The first-order valence-corrected chi connectivity index (χ1v) is 7.27. The molecular weight excluding hydrogens is 316 g/mol. The van der Waals surface area contributed by atoms with Gasteiger partial charge in [0, 0.05) is 23.8 Å². The second-order valence-corrected chi connectivity index (χ2v) is 5.42. The van der Waals surface area contributed by atoms with Gasteiger partial charge < -0.3 is 5.32 Å². The van der Waals surface area contributed by atoms with Gasteiger partial charge in [-0.05, 0) is 36.2 Å². The number of hydrogen-bond acceptors (Lipinski definition) is 1. The Morgan fingerprint density at radius 2 is 1.75 bits per heavy atom. The molecule has 4 heteroatoms. The van der Waals surface area contributed by atoms with Gasteiger partial charge in [-0.25, -0.2) is 4.79 Å². The second-order valence-electron chi connectivity index (χ2n) is 4.50. The van der Waals surface area contributed by atoms with E-state index in [1.807, 2.05) is 42.5 Å². The Kier molecular flexibility index (Phi) is 5.18. The average Bonchev–Trinajstić information content (AvgIpc) is 2.49. The molecule has 20 heavy (non-hydrogen) atoms. The number of carbonyl (C=O) groups is 1. The highest BCUT2D eigenvalue weighted by Crippen LogP contribution is 2.12. The first-order chi connectivity index (χ1) is 9.66. The molecule has 0 saturated heterocycles. The molecule has 3 nitrogen and oxygen atoms in total. The fourth-order valence-electron chi connectivity index (χ4n) is 1.85. The minimum Gasteiger partial charge on any atom is -0.337 e. The number of para-hydroxylation sites is 1. The van der Waals surface area contributed by atoms with Crippen LogP contribution in [0.25, 0.3) is 0 Å². The summed E-state index contributed by atoms with van der Waals surface area (Å²) >= 11 is 3.41. The molecule has 0 spiro atoms. The normalized spacial score (nSPS) is 10.1. The van der Waals surface area contributed by atoms with Crippen LogP contribution in [-0.4, -0.2) is 19.6 Å². The van der Waals surface area contributed by atoms with E-state index in [0.717, 1.165) is 16.6 Å². The smallest absolute Gasteiger partial charge is 0.321 e. The van der Waals surface area contributed by atoms with Crippen LogP contribution >= 0.6 is 15.9 Å². The van der Waals surface area contributed by atoms with Crippen molar-refractivity contribution in [1.82, 2.24) is 5.32 Å². The van der Waals surface area contributed by atoms with Crippen molar-refractivity contribution in [2.45, 2.75) is 6.42 Å². The van der Waals surface area contributed by atoms with Crippen LogP contribution in [0.5, 0.6) is 0 Å². The summed E-state index contributed by atoms with van der Waals surface area (Å²) in [5.74, 6) is 0. The number of benzene rings is 2. The Morgan fingerprint density at radius 1 is 1.10 bits per heavy atom. The van der Waals surface area contributed by atoms with Crippen LogP contribution in [-0.2, 0) is 6.42 Å². The lowest BCUT2D eigenvalue weighted by atomic mass is 10.1. The number of urea groups is 1. The molecule has 2 amide bonds. The molecule has 104 valence electrons. The summed E-state index contributed by atoms with van der Waals surface area (Å²) in [6.45, 7) is 0.623. The van der Waals surface area contributed by atoms with Gasteiger partial charge in [0.15, 0.2) is 0 Å². The van der Waals surface area contributed by atoms with Crippen LogP contribution in [0.4, 0.5) is 10.5 Å². The highest BCUT2D eigenvalue weighted by atomic mass is 79.9. The van der Waals surface area contributed by atoms with E-state index in [1.165, 1.54) is 5.56 Å². The van der Waals surface area contributed by atoms with E-state index in [1.54, 1.807) is 11.9 Å². The molecule has 0 unspecified atom stereocenters. The third kappa shape index (κ3) is 4.10. The van der Waals surface area contributed by atoms with E-state index in [4.69, 9.17) is 0 Å². The first kappa shape index (κ1) is 14.6. The summed E-state index contributed by atoms with van der Waals surface area (Å²) < 4.78 is 1.06. The van der Waals surface area contributed by atoms with Crippen molar-refractivity contribution >= 4 is 27.6 Å². The SMILES string of the molecule is CN(C(=O)NCCc1ccc(Br)cc1)c1ccccc1. The summed E-state index contributed by atoms with van der Waals surface area (Å²) in [6, 6.07) is 17.6. The number of nitrogens with zero attached hydrogens (tertiary/aromatic N) is 1. The number of nitrogens with one attached hydrogen (secondary N) is 1. The maximum absolute atomic E-state index is 12.0. The van der Waals surface area contributed by atoms with Crippen molar-refractivity contribution in [1.29, 1.82) is 0 Å². The number of carbonyl (C=O) groups excluding carboxylic acids is 1. The second kappa shape index (κ2) is 7.10. The Labute approximate surface area is 127 Å². The lowest BCUT2D eigenvalue weighted by Gasteiger charge is -2.18. The lowest BCUT2D eigenvalue weighted by molar-refractivity contribution is 0.247. The quantitative estimate of drug-likeness (QED) is 0.906. The van der Waals surface area contributed by atoms with E-state index >= 15 is 0 Å². The maximum Gasteiger partial charge on any atom is 0.321 e. The molecule has 2 aromatic carbocycles. The van der Waals surface area contributed by atoms with Gasteiger partial charge >= 0.3 is 6.03 Å². The van der Waals surface area contributed by atoms with E-state index in [9.17, 15) is 4.79 Å². The van der Waals surface area contributed by atoms with Crippen LogP contribution in [0.1, 0.15) is 5.56 Å². The van der Waals surface area contributed by atoms with Crippen molar-refractivity contribution in [3.05, 3.63) is 64.6 Å². The van der Waals surface area contributed by atoms with E-state index in [-0.39, 0.29) is 6.03 Å². The molecule has 0 atom stereocenters. The van der Waals surface area contributed by atoms with E-state index < -0.39 is 0 Å². The number of halogens is 1. The highest BCUT2D eigenvalue weighted by molar-refractivity contribution is 9.10. The van der Waals surface area contributed by atoms with Crippen molar-refractivity contribution in [2.24, 2.45) is 0 Å². The molecule has 0 saturated carbocycles. The summed E-state index contributed by atoms with van der Waals surface area (Å²) in [6.07, 6.45) is 0.821. The summed E-state index contributed by atoms with van der Waals surface area (Å²) in [5.41, 5.74) is 2.09. The number of rotatable bonds is 4. The molecule has 2 aromatic rings. The van der Waals surface area contributed by atoms with E-state index in [0.29, 0.717) is 6.54 Å². The van der Waals surface area contributed by atoms with Gasteiger partial charge in [0.25, 0.3) is 0 Å². The number of amides is 2. The molecule has 0 radical (unpaired) electrons. The van der Waals surface area contributed by atoms with Gasteiger partial charge in [0.1, 0.15) is 0 Å². The largest absolute Gasteiger partial charge is 0.337 e. The van der Waals surface area contributed by atoms with Crippen LogP contribution in [0.2, 0.25) is 0 Å². The molecule has 0 heterocycles. The molecule has 0 aromatic heterocycles.